The summed E-state index contributed by atoms with van der Waals surface area (Å²) >= 11 is 0. The Morgan fingerprint density at radius 3 is 3.21 bits per heavy atom. The number of nitrogens with zero attached hydrogens (tertiary/aromatic N) is 4. The van der Waals surface area contributed by atoms with E-state index in [-0.39, 0.29) is 12.4 Å². The van der Waals surface area contributed by atoms with Crippen LogP contribution in [0.25, 0.3) is 11.2 Å². The first-order valence-corrected chi connectivity index (χ1v) is 7.07. The molecule has 0 bridgehead atoms. The number of ether oxygens (including phenoxy) is 1. The van der Waals surface area contributed by atoms with E-state index in [9.17, 15) is 4.57 Å². The average Bonchev–Trinajstić information content (AvgIpc) is 2.95. The maximum Gasteiger partial charge on any atom is 0.350 e. The molecule has 2 heterocycles. The van der Waals surface area contributed by atoms with Crippen LogP contribution in [0.4, 0.5) is 5.82 Å². The standard InChI is InChI=1S/C9H14N5O4P/c1-6(18-5-19(15,16)17)2-14-4-13-7-8(10)11-3-12-9(7)14/h3-4,6H,2,5H2,1H3,(H2,10,11,12)(H2,15,16,17)/t6-/m1/s1/i/hD4. The molecular formula is C9H14N5O4P. The Bertz CT molecular complexity index is 708. The van der Waals surface area contributed by atoms with E-state index in [0.29, 0.717) is 16.9 Å². The maximum atomic E-state index is 11.6. The zero-order valence-corrected chi connectivity index (χ0v) is 10.9. The number of imidazole rings is 1. The van der Waals surface area contributed by atoms with E-state index in [4.69, 9.17) is 10.4 Å². The summed E-state index contributed by atoms with van der Waals surface area (Å²) in [6.07, 6.45) is 1.65. The first-order valence-electron chi connectivity index (χ1n) is 7.05. The van der Waals surface area contributed by atoms with Gasteiger partial charge in [-0.2, -0.15) is 0 Å². The Kier molecular flexibility index (Phi) is 2.58. The van der Waals surface area contributed by atoms with Crippen LogP contribution in [0.1, 0.15) is 6.92 Å². The van der Waals surface area contributed by atoms with Crippen LogP contribution < -0.4 is 5.72 Å². The zero-order chi connectivity index (χ0) is 17.0. The van der Waals surface area contributed by atoms with Gasteiger partial charge in [0, 0.05) is 0 Å². The third-order valence-corrected chi connectivity index (χ3v) is 2.82. The Hall–Kier alpha value is -1.54. The quantitative estimate of drug-likeness (QED) is 0.576. The second-order valence-corrected chi connectivity index (χ2v) is 5.46. The van der Waals surface area contributed by atoms with Crippen LogP contribution in [0.3, 0.4) is 0 Å². The zero-order valence-electron chi connectivity index (χ0n) is 14.0. The van der Waals surface area contributed by atoms with E-state index in [0.717, 1.165) is 0 Å². The first-order chi connectivity index (χ1) is 10.9. The Morgan fingerprint density at radius 2 is 2.47 bits per heavy atom. The highest BCUT2D eigenvalue weighted by Gasteiger charge is 2.16. The molecule has 0 unspecified atom stereocenters. The number of aromatic nitrogens is 4. The number of hydrogen-bond donors (Lipinski definition) is 3. The molecule has 0 fully saturated rings. The van der Waals surface area contributed by atoms with E-state index < -0.39 is 20.0 Å². The molecule has 4 N–H and O–H groups in total. The van der Waals surface area contributed by atoms with Gasteiger partial charge in [-0.05, 0) is 6.92 Å². The summed E-state index contributed by atoms with van der Waals surface area (Å²) in [6.45, 7) is 1.94. The van der Waals surface area contributed by atoms with Crippen LogP contribution in [0.2, 0.25) is 2.82 Å². The molecular weight excluding hydrogens is 273 g/mol. The summed E-state index contributed by atoms with van der Waals surface area (Å²) < 4.78 is 46.2. The third-order valence-electron chi connectivity index (χ3n) is 2.35. The van der Waals surface area contributed by atoms with Gasteiger partial charge in [0.1, 0.15) is 18.2 Å². The molecule has 104 valence electrons. The summed E-state index contributed by atoms with van der Waals surface area (Å²) in [6, 6.07) is 0. The van der Waals surface area contributed by atoms with Gasteiger partial charge in [-0.15, -0.1) is 0 Å². The summed E-state index contributed by atoms with van der Waals surface area (Å²) in [5.41, 5.74) is 1.04. The van der Waals surface area contributed by atoms with Crippen molar-refractivity contribution in [3.63, 3.8) is 0 Å². The maximum absolute atomic E-state index is 11.6. The van der Waals surface area contributed by atoms with Crippen LogP contribution >= 0.6 is 7.60 Å². The lowest BCUT2D eigenvalue weighted by atomic mass is 10.4. The van der Waals surface area contributed by atoms with E-state index in [1.165, 1.54) is 12.7 Å². The van der Waals surface area contributed by atoms with Gasteiger partial charge >= 0.3 is 7.60 Å². The van der Waals surface area contributed by atoms with Crippen molar-refractivity contribution in [2.75, 3.05) is 12.1 Å². The molecule has 0 spiro atoms. The van der Waals surface area contributed by atoms with Crippen molar-refractivity contribution in [1.29, 1.82) is 2.86 Å². The van der Waals surface area contributed by atoms with Crippen molar-refractivity contribution in [1.82, 2.24) is 19.5 Å². The summed E-state index contributed by atoms with van der Waals surface area (Å²) in [4.78, 5) is 19.7. The minimum absolute atomic E-state index is 0.0389. The van der Waals surface area contributed by atoms with Crippen molar-refractivity contribution >= 4 is 24.6 Å². The van der Waals surface area contributed by atoms with Crippen LogP contribution in [-0.2, 0) is 15.8 Å². The molecule has 9 nitrogen and oxygen atoms in total. The molecule has 0 saturated heterocycles. The van der Waals surface area contributed by atoms with Gasteiger partial charge in [0.15, 0.2) is 14.3 Å². The molecule has 2 aromatic heterocycles. The van der Waals surface area contributed by atoms with Crippen LogP contribution in [-0.4, -0.2) is 44.6 Å². The van der Waals surface area contributed by atoms with E-state index in [2.05, 4.69) is 24.7 Å². The Balaban J connectivity index is 2.10. The highest BCUT2D eigenvalue weighted by molar-refractivity contribution is 7.51. The van der Waals surface area contributed by atoms with Crippen molar-refractivity contribution < 1.29 is 21.9 Å². The fourth-order valence-electron chi connectivity index (χ4n) is 1.55. The average molecular weight is 291 g/mol. The second kappa shape index (κ2) is 5.22. The molecule has 19 heavy (non-hydrogen) atoms. The van der Waals surface area contributed by atoms with Gasteiger partial charge in [0.25, 0.3) is 0 Å². The number of anilines is 1. The summed E-state index contributed by atoms with van der Waals surface area (Å²) in [7, 11) is -3.89. The van der Waals surface area contributed by atoms with Gasteiger partial charge in [-0.25, -0.2) is 15.0 Å². The predicted molar refractivity (Wildman–Crippen MR) is 67.2 cm³/mol. The lowest BCUT2D eigenvalue weighted by molar-refractivity contribution is 0.0764. The van der Waals surface area contributed by atoms with Crippen molar-refractivity contribution in [2.24, 2.45) is 0 Å². The minimum atomic E-state index is -3.89. The summed E-state index contributed by atoms with van der Waals surface area (Å²) in [5.74, 6) is 0.0389. The number of nitrogen functional groups attached to an aromatic ring is 1. The number of hydrogen-bond acceptors (Lipinski definition) is 8. The highest BCUT2D eigenvalue weighted by Crippen LogP contribution is 2.34. The molecule has 1 atom stereocenters. The highest BCUT2D eigenvalue weighted by atomic mass is 31.2. The molecule has 2 aromatic rings. The molecule has 0 aliphatic heterocycles. The molecule has 0 aliphatic carbocycles. The molecule has 0 saturated carbocycles. The molecule has 0 amide bonds. The van der Waals surface area contributed by atoms with Gasteiger partial charge in [-0.1, -0.05) is 0 Å². The molecule has 10 heteroatoms. The third kappa shape index (κ3) is 3.48. The number of nitrogens with two attached hydrogens (primary N) is 1. The smallest absolute Gasteiger partial charge is 0.350 e. The molecule has 0 radical (unpaired) electrons. The number of rotatable bonds is 8. The fraction of sp³-hybridized carbons (Fsp3) is 0.444. The van der Waals surface area contributed by atoms with E-state index >= 15 is 0 Å². The van der Waals surface area contributed by atoms with Crippen LogP contribution in [0.5, 0.6) is 0 Å². The van der Waals surface area contributed by atoms with E-state index in [1.54, 1.807) is 11.5 Å². The van der Waals surface area contributed by atoms with Gasteiger partial charge < -0.3 is 24.8 Å². The monoisotopic (exact) mass is 291 g/mol. The molecule has 0 aromatic carbocycles. The predicted octanol–water partition coefficient (Wildman–Crippen LogP) is -0.0512. The molecule has 0 aliphatic rings. The number of fused-ring (bicyclic) bond motifs is 1. The van der Waals surface area contributed by atoms with Crippen LogP contribution in [0, 0.1) is 0 Å². The normalized spacial score (nSPS) is 16.5. The first kappa shape index (κ1) is 9.38. The van der Waals surface area contributed by atoms with Crippen LogP contribution in [0.15, 0.2) is 12.7 Å². The van der Waals surface area contributed by atoms with Gasteiger partial charge in [-0.3, -0.25) is 4.57 Å². The van der Waals surface area contributed by atoms with Crippen molar-refractivity contribution in [3.8, 4) is 0 Å². The van der Waals surface area contributed by atoms with Gasteiger partial charge in [0.2, 0.25) is 2.86 Å². The van der Waals surface area contributed by atoms with Gasteiger partial charge in [0.05, 0.1) is 19.0 Å². The minimum Gasteiger partial charge on any atom is -0.382 e. The SMILES string of the molecule is [2H]OP(=O)(CO[C@H](C)Cn1cnc2c(N([2H])[2H])ncnc21)O[2H]. The summed E-state index contributed by atoms with van der Waals surface area (Å²) in [5, 5.41) is 0. The molecule has 2 rings (SSSR count). The van der Waals surface area contributed by atoms with Crippen molar-refractivity contribution in [3.05, 3.63) is 12.7 Å². The fourth-order valence-corrected chi connectivity index (χ4v) is 1.99. The van der Waals surface area contributed by atoms with E-state index in [1.807, 2.05) is 0 Å². The lowest BCUT2D eigenvalue weighted by Crippen LogP contribution is -2.17. The topological polar surface area (TPSA) is 136 Å². The van der Waals surface area contributed by atoms with Crippen molar-refractivity contribution in [2.45, 2.75) is 19.6 Å². The second-order valence-electron chi connectivity index (χ2n) is 3.98. The largest absolute Gasteiger partial charge is 0.382 e. The Morgan fingerprint density at radius 1 is 1.63 bits per heavy atom. The lowest BCUT2D eigenvalue weighted by Gasteiger charge is -2.14. The Labute approximate surface area is 114 Å².